The van der Waals surface area contributed by atoms with Gasteiger partial charge in [0.25, 0.3) is 5.91 Å². The third-order valence-corrected chi connectivity index (χ3v) is 6.36. The fourth-order valence-corrected chi connectivity index (χ4v) is 4.45. The second kappa shape index (κ2) is 9.10. The van der Waals surface area contributed by atoms with E-state index in [1.54, 1.807) is 12.1 Å². The minimum atomic E-state index is -2.99. The molecule has 1 aliphatic rings. The molecule has 0 radical (unpaired) electrons. The van der Waals surface area contributed by atoms with E-state index in [2.05, 4.69) is 10.3 Å². The predicted octanol–water partition coefficient (Wildman–Crippen LogP) is 5.64. The topological polar surface area (TPSA) is 84.2 Å². The molecule has 10 heteroatoms. The maximum Gasteiger partial charge on any atom is 0.320 e. The number of carboxylic acids is 1. The minimum absolute atomic E-state index is 0.0279. The number of hydrogen-bond acceptors (Lipinski definition) is 3. The molecule has 1 aromatic heterocycles. The van der Waals surface area contributed by atoms with Gasteiger partial charge >= 0.3 is 12.5 Å². The highest BCUT2D eigenvalue weighted by Crippen LogP contribution is 2.37. The van der Waals surface area contributed by atoms with Crippen molar-refractivity contribution in [2.75, 3.05) is 0 Å². The van der Waals surface area contributed by atoms with Gasteiger partial charge in [-0.25, -0.2) is 13.8 Å². The van der Waals surface area contributed by atoms with E-state index in [0.717, 1.165) is 6.07 Å². The van der Waals surface area contributed by atoms with E-state index in [9.17, 15) is 27.2 Å². The molecule has 1 fully saturated rings. The third kappa shape index (κ3) is 4.19. The molecular weight excluding hydrogens is 478 g/mol. The van der Waals surface area contributed by atoms with Crippen molar-refractivity contribution < 1.29 is 32.3 Å². The van der Waals surface area contributed by atoms with E-state index in [4.69, 9.17) is 5.11 Å². The maximum absolute atomic E-state index is 14.6. The molecule has 6 nitrogen and oxygen atoms in total. The first-order chi connectivity index (χ1) is 17.2. The van der Waals surface area contributed by atoms with Crippen LogP contribution in [0.1, 0.15) is 29.7 Å². The lowest BCUT2D eigenvalue weighted by Gasteiger charge is -2.32. The molecule has 0 aliphatic heterocycles. The number of alkyl halides is 2. The van der Waals surface area contributed by atoms with Gasteiger partial charge in [0.2, 0.25) is 0 Å². The van der Waals surface area contributed by atoms with Crippen molar-refractivity contribution in [3.8, 4) is 22.5 Å². The number of carbonyl (C=O) groups excluding carboxylic acids is 1. The van der Waals surface area contributed by atoms with Crippen molar-refractivity contribution in [2.45, 2.75) is 25.4 Å². The van der Waals surface area contributed by atoms with Crippen LogP contribution in [0, 0.1) is 17.6 Å². The van der Waals surface area contributed by atoms with E-state index in [1.165, 1.54) is 36.4 Å². The number of rotatable bonds is 6. The van der Waals surface area contributed by atoms with Gasteiger partial charge in [0.05, 0.1) is 17.0 Å². The Kier molecular flexibility index (Phi) is 5.95. The normalized spacial score (nSPS) is 17.2. The number of fused-ring (bicyclic) bond motifs is 1. The number of carbonyl (C=O) groups is 2. The molecule has 0 unspecified atom stereocenters. The van der Waals surface area contributed by atoms with E-state index in [0.29, 0.717) is 23.5 Å². The molecule has 0 saturated heterocycles. The third-order valence-electron chi connectivity index (χ3n) is 6.36. The molecule has 1 aliphatic carbocycles. The standard InChI is InChI=1S/C26H19F4N3O3/c27-15-6-7-18(20(28)12-15)17-3-1-2-4-19(17)23-32-21-11-13(5-8-22(21)33(23)26(29)30)24(34)31-16-9-14(10-16)25(35)36/h1-8,11-12,14,16,26H,9-10H2,(H,31,34)(H,35,36). The summed E-state index contributed by atoms with van der Waals surface area (Å²) in [5.41, 5.74) is 0.873. The molecule has 36 heavy (non-hydrogen) atoms. The molecule has 2 N–H and O–H groups in total. The van der Waals surface area contributed by atoms with Gasteiger partial charge in [-0.2, -0.15) is 8.78 Å². The Morgan fingerprint density at radius 1 is 0.972 bits per heavy atom. The highest BCUT2D eigenvalue weighted by atomic mass is 19.3. The first-order valence-corrected chi connectivity index (χ1v) is 11.1. The zero-order valence-corrected chi connectivity index (χ0v) is 18.6. The Labute approximate surface area is 202 Å². The number of imidazole rings is 1. The van der Waals surface area contributed by atoms with Crippen LogP contribution in [0.3, 0.4) is 0 Å². The monoisotopic (exact) mass is 497 g/mol. The number of carboxylic acid groups (broad SMARTS) is 1. The Morgan fingerprint density at radius 2 is 1.69 bits per heavy atom. The van der Waals surface area contributed by atoms with E-state index in [-0.39, 0.29) is 45.2 Å². The van der Waals surface area contributed by atoms with E-state index in [1.807, 2.05) is 0 Å². The van der Waals surface area contributed by atoms with Crippen molar-refractivity contribution in [1.82, 2.24) is 14.9 Å². The minimum Gasteiger partial charge on any atom is -0.481 e. The summed E-state index contributed by atoms with van der Waals surface area (Å²) in [6.07, 6.45) is 0.647. The number of benzene rings is 3. The highest BCUT2D eigenvalue weighted by Gasteiger charge is 2.35. The van der Waals surface area contributed by atoms with Gasteiger partial charge < -0.3 is 10.4 Å². The van der Waals surface area contributed by atoms with Gasteiger partial charge in [-0.3, -0.25) is 14.2 Å². The SMILES string of the molecule is O=C(NC1CC(C(=O)O)C1)c1ccc2c(c1)nc(-c1ccccc1-c1ccc(F)cc1F)n2C(F)F. The summed E-state index contributed by atoms with van der Waals surface area (Å²) in [6.45, 7) is -2.99. The Bertz CT molecular complexity index is 1500. The Morgan fingerprint density at radius 3 is 2.36 bits per heavy atom. The van der Waals surface area contributed by atoms with Crippen LogP contribution in [0.5, 0.6) is 0 Å². The van der Waals surface area contributed by atoms with Crippen molar-refractivity contribution >= 4 is 22.9 Å². The van der Waals surface area contributed by atoms with Crippen molar-refractivity contribution in [3.63, 3.8) is 0 Å². The van der Waals surface area contributed by atoms with Crippen LogP contribution >= 0.6 is 0 Å². The largest absolute Gasteiger partial charge is 0.481 e. The second-order valence-electron chi connectivity index (χ2n) is 8.63. The Balaban J connectivity index is 1.54. The van der Waals surface area contributed by atoms with Crippen LogP contribution < -0.4 is 5.32 Å². The van der Waals surface area contributed by atoms with Crippen molar-refractivity contribution in [1.29, 1.82) is 0 Å². The summed E-state index contributed by atoms with van der Waals surface area (Å²) in [5, 5.41) is 11.7. The number of amides is 1. The average molecular weight is 497 g/mol. The molecule has 5 rings (SSSR count). The zero-order valence-electron chi connectivity index (χ0n) is 18.6. The summed E-state index contributed by atoms with van der Waals surface area (Å²) < 4.78 is 57.1. The fraction of sp³-hybridized carbons (Fsp3) is 0.192. The first-order valence-electron chi connectivity index (χ1n) is 11.1. The molecule has 4 aromatic rings. The number of aromatic nitrogens is 2. The fourth-order valence-electron chi connectivity index (χ4n) is 4.45. The van der Waals surface area contributed by atoms with Gasteiger partial charge in [-0.05, 0) is 48.7 Å². The molecule has 3 aromatic carbocycles. The first kappa shape index (κ1) is 23.5. The van der Waals surface area contributed by atoms with Crippen molar-refractivity contribution in [2.24, 2.45) is 5.92 Å². The number of nitrogens with one attached hydrogen (secondary N) is 1. The van der Waals surface area contributed by atoms with Gasteiger partial charge in [0, 0.05) is 28.8 Å². The van der Waals surface area contributed by atoms with E-state index >= 15 is 0 Å². The molecule has 1 heterocycles. The van der Waals surface area contributed by atoms with Crippen LogP contribution in [0.15, 0.2) is 60.7 Å². The highest BCUT2D eigenvalue weighted by molar-refractivity contribution is 5.98. The lowest BCUT2D eigenvalue weighted by atomic mass is 9.80. The predicted molar refractivity (Wildman–Crippen MR) is 123 cm³/mol. The quantitative estimate of drug-likeness (QED) is 0.338. The number of aliphatic carboxylic acids is 1. The molecular formula is C26H19F4N3O3. The summed E-state index contributed by atoms with van der Waals surface area (Å²) in [4.78, 5) is 28.0. The summed E-state index contributed by atoms with van der Waals surface area (Å²) in [7, 11) is 0. The number of halogens is 4. The van der Waals surface area contributed by atoms with E-state index < -0.39 is 36.0 Å². The summed E-state index contributed by atoms with van der Waals surface area (Å²) in [6, 6.07) is 13.1. The van der Waals surface area contributed by atoms with Crippen LogP contribution in [-0.4, -0.2) is 32.6 Å². The van der Waals surface area contributed by atoms with Crippen LogP contribution in [0.2, 0.25) is 0 Å². The van der Waals surface area contributed by atoms with Gasteiger partial charge in [0.1, 0.15) is 17.5 Å². The molecule has 0 bridgehead atoms. The average Bonchev–Trinajstić information content (AvgIpc) is 3.19. The van der Waals surface area contributed by atoms with Crippen LogP contribution in [0.4, 0.5) is 17.6 Å². The van der Waals surface area contributed by atoms with Crippen LogP contribution in [0.25, 0.3) is 33.5 Å². The number of nitrogens with zero attached hydrogens (tertiary/aromatic N) is 2. The summed E-state index contributed by atoms with van der Waals surface area (Å²) in [5.74, 6) is -3.62. The Hall–Kier alpha value is -4.21. The zero-order chi connectivity index (χ0) is 25.6. The smallest absolute Gasteiger partial charge is 0.320 e. The van der Waals surface area contributed by atoms with Crippen LogP contribution in [-0.2, 0) is 4.79 Å². The summed E-state index contributed by atoms with van der Waals surface area (Å²) >= 11 is 0. The molecule has 184 valence electrons. The lowest BCUT2D eigenvalue weighted by Crippen LogP contribution is -2.46. The van der Waals surface area contributed by atoms with Gasteiger partial charge in [-0.15, -0.1) is 0 Å². The molecule has 1 amide bonds. The van der Waals surface area contributed by atoms with Gasteiger partial charge in [0.15, 0.2) is 0 Å². The molecule has 0 spiro atoms. The maximum atomic E-state index is 14.6. The molecule has 1 saturated carbocycles. The number of hydrogen-bond donors (Lipinski definition) is 2. The molecule has 0 atom stereocenters. The second-order valence-corrected chi connectivity index (χ2v) is 8.63. The van der Waals surface area contributed by atoms with Gasteiger partial charge in [-0.1, -0.05) is 24.3 Å². The lowest BCUT2D eigenvalue weighted by molar-refractivity contribution is -0.145. The van der Waals surface area contributed by atoms with Crippen molar-refractivity contribution in [3.05, 3.63) is 77.9 Å².